The van der Waals surface area contributed by atoms with Crippen molar-refractivity contribution in [2.45, 2.75) is 83.2 Å². The fourth-order valence-corrected chi connectivity index (χ4v) is 7.30. The Morgan fingerprint density at radius 1 is 1.00 bits per heavy atom. The van der Waals surface area contributed by atoms with Crippen molar-refractivity contribution in [3.8, 4) is 0 Å². The van der Waals surface area contributed by atoms with Crippen LogP contribution in [0.4, 0.5) is 18.9 Å². The van der Waals surface area contributed by atoms with Crippen LogP contribution in [0.5, 0.6) is 0 Å². The SMILES string of the molecule is Cc1cccc(N2CCN(C(=O)Cn3nc(C(=O)N4CC[C@H](N5CCC(O)CC5)[C@H](F)C4)c4c3CC(F)(F)CC4)CC2)c1C. The van der Waals surface area contributed by atoms with E-state index in [4.69, 9.17) is 0 Å². The van der Waals surface area contributed by atoms with Crippen LogP contribution in [0, 0.1) is 13.8 Å². The van der Waals surface area contributed by atoms with Crippen LogP contribution in [0.2, 0.25) is 0 Å². The number of likely N-dealkylation sites (tertiary alicyclic amines) is 2. The molecule has 1 aromatic heterocycles. The molecule has 0 saturated carbocycles. The Balaban J connectivity index is 1.14. The van der Waals surface area contributed by atoms with E-state index in [1.165, 1.54) is 20.7 Å². The smallest absolute Gasteiger partial charge is 0.274 e. The van der Waals surface area contributed by atoms with Crippen molar-refractivity contribution in [1.82, 2.24) is 24.5 Å². The third kappa shape index (κ3) is 6.20. The molecule has 3 saturated heterocycles. The number of halogens is 3. The van der Waals surface area contributed by atoms with Gasteiger partial charge in [-0.25, -0.2) is 13.2 Å². The van der Waals surface area contributed by atoms with Gasteiger partial charge >= 0.3 is 0 Å². The Morgan fingerprint density at radius 3 is 2.43 bits per heavy atom. The van der Waals surface area contributed by atoms with E-state index < -0.39 is 30.8 Å². The summed E-state index contributed by atoms with van der Waals surface area (Å²) in [7, 11) is 0. The van der Waals surface area contributed by atoms with Crippen molar-refractivity contribution in [3.63, 3.8) is 0 Å². The fraction of sp³-hybridized carbons (Fsp3) is 0.656. The zero-order valence-electron chi connectivity index (χ0n) is 25.7. The van der Waals surface area contributed by atoms with Crippen molar-refractivity contribution in [3.05, 3.63) is 46.3 Å². The number of piperazine rings is 1. The van der Waals surface area contributed by atoms with Crippen LogP contribution in [0.25, 0.3) is 0 Å². The molecule has 1 aliphatic carbocycles. The maximum Gasteiger partial charge on any atom is 0.274 e. The summed E-state index contributed by atoms with van der Waals surface area (Å²) in [6.07, 6.45) is -0.913. The van der Waals surface area contributed by atoms with Crippen LogP contribution in [0.1, 0.15) is 58.6 Å². The summed E-state index contributed by atoms with van der Waals surface area (Å²) in [5, 5.41) is 14.3. The van der Waals surface area contributed by atoms with Crippen molar-refractivity contribution in [1.29, 1.82) is 0 Å². The molecule has 0 radical (unpaired) electrons. The number of hydrogen-bond donors (Lipinski definition) is 1. The number of amides is 2. The van der Waals surface area contributed by atoms with Gasteiger partial charge in [-0.15, -0.1) is 0 Å². The fourth-order valence-electron chi connectivity index (χ4n) is 7.30. The van der Waals surface area contributed by atoms with Gasteiger partial charge in [-0.05, 0) is 56.7 Å². The van der Waals surface area contributed by atoms with E-state index >= 15 is 4.39 Å². The number of fused-ring (bicyclic) bond motifs is 1. The highest BCUT2D eigenvalue weighted by Crippen LogP contribution is 2.36. The monoisotopic (exact) mass is 616 g/mol. The van der Waals surface area contributed by atoms with Crippen molar-refractivity contribution >= 4 is 17.5 Å². The van der Waals surface area contributed by atoms with Gasteiger partial charge in [0.2, 0.25) is 5.91 Å². The average molecular weight is 617 g/mol. The molecule has 9 nitrogen and oxygen atoms in total. The molecule has 0 bridgehead atoms. The third-order valence-electron chi connectivity index (χ3n) is 10.1. The summed E-state index contributed by atoms with van der Waals surface area (Å²) in [6.45, 7) is 7.77. The maximum atomic E-state index is 15.4. The quantitative estimate of drug-likeness (QED) is 0.557. The van der Waals surface area contributed by atoms with E-state index in [2.05, 4.69) is 40.9 Å². The van der Waals surface area contributed by atoms with E-state index in [0.717, 1.165) is 5.69 Å². The van der Waals surface area contributed by atoms with E-state index in [-0.39, 0.29) is 49.0 Å². The third-order valence-corrected chi connectivity index (χ3v) is 10.1. The Bertz CT molecular complexity index is 1380. The number of rotatable bonds is 5. The number of alkyl halides is 3. The standard InChI is InChI=1S/C32H43F3N6O3/c1-21-4-3-5-26(22(21)2)38-14-16-39(17-15-38)29(43)20-41-28-18-32(34,35)10-6-24(28)30(36-41)31(44)40-13-9-27(25(33)19-40)37-11-7-23(42)8-12-37/h3-5,23,25,27,42H,6-20H2,1-2H3/t25-,27+/m1/s1. The summed E-state index contributed by atoms with van der Waals surface area (Å²) >= 11 is 0. The van der Waals surface area contributed by atoms with Gasteiger partial charge in [-0.3, -0.25) is 19.2 Å². The van der Waals surface area contributed by atoms with Gasteiger partial charge in [0.05, 0.1) is 19.1 Å². The number of piperidine rings is 2. The average Bonchev–Trinajstić information content (AvgIpc) is 3.34. The lowest BCUT2D eigenvalue weighted by Gasteiger charge is -2.42. The Kier molecular flexibility index (Phi) is 8.67. The van der Waals surface area contributed by atoms with E-state index in [1.54, 1.807) is 4.90 Å². The molecule has 3 fully saturated rings. The van der Waals surface area contributed by atoms with Crippen molar-refractivity contribution in [2.75, 3.05) is 57.3 Å². The molecule has 0 unspecified atom stereocenters. The first kappa shape index (κ1) is 30.9. The number of aliphatic hydroxyl groups is 1. The van der Waals surface area contributed by atoms with Crippen LogP contribution in [-0.2, 0) is 24.2 Å². The number of aliphatic hydroxyl groups excluding tert-OH is 1. The predicted octanol–water partition coefficient (Wildman–Crippen LogP) is 2.98. The molecule has 2 atom stereocenters. The molecule has 4 aliphatic rings. The highest BCUT2D eigenvalue weighted by Gasteiger charge is 2.42. The molecule has 240 valence electrons. The summed E-state index contributed by atoms with van der Waals surface area (Å²) in [4.78, 5) is 34.6. The van der Waals surface area contributed by atoms with Crippen LogP contribution < -0.4 is 4.90 Å². The largest absolute Gasteiger partial charge is 0.393 e. The number of carbonyl (C=O) groups is 2. The second-order valence-electron chi connectivity index (χ2n) is 12.9. The first-order valence-corrected chi connectivity index (χ1v) is 15.9. The van der Waals surface area contributed by atoms with Gasteiger partial charge in [0.15, 0.2) is 5.69 Å². The molecule has 3 aliphatic heterocycles. The number of nitrogens with zero attached hydrogens (tertiary/aromatic N) is 6. The number of aryl methyl sites for hydroxylation is 1. The van der Waals surface area contributed by atoms with E-state index in [1.807, 2.05) is 6.07 Å². The molecule has 44 heavy (non-hydrogen) atoms. The summed E-state index contributed by atoms with van der Waals surface area (Å²) in [6, 6.07) is 5.87. The lowest BCUT2D eigenvalue weighted by Crippen LogP contribution is -2.55. The first-order chi connectivity index (χ1) is 21.0. The Labute approximate surface area is 256 Å². The molecule has 2 aromatic rings. The van der Waals surface area contributed by atoms with Gasteiger partial charge < -0.3 is 19.8 Å². The highest BCUT2D eigenvalue weighted by atomic mass is 19.3. The van der Waals surface area contributed by atoms with Crippen LogP contribution in [-0.4, -0.2) is 118 Å². The van der Waals surface area contributed by atoms with E-state index in [9.17, 15) is 23.5 Å². The molecule has 0 spiro atoms. The number of anilines is 1. The number of aromatic nitrogens is 2. The first-order valence-electron chi connectivity index (χ1n) is 15.9. The van der Waals surface area contributed by atoms with Gasteiger partial charge in [0.25, 0.3) is 11.8 Å². The zero-order chi connectivity index (χ0) is 31.2. The molecular formula is C32H43F3N6O3. The number of carbonyl (C=O) groups excluding carboxylic acids is 2. The minimum absolute atomic E-state index is 0.0161. The van der Waals surface area contributed by atoms with Crippen LogP contribution in [0.3, 0.4) is 0 Å². The Morgan fingerprint density at radius 2 is 1.73 bits per heavy atom. The molecule has 4 heterocycles. The van der Waals surface area contributed by atoms with Gasteiger partial charge in [0, 0.05) is 75.2 Å². The summed E-state index contributed by atoms with van der Waals surface area (Å²) in [5.41, 5.74) is 4.32. The van der Waals surface area contributed by atoms with Crippen LogP contribution in [0.15, 0.2) is 18.2 Å². The van der Waals surface area contributed by atoms with Crippen molar-refractivity contribution in [2.24, 2.45) is 0 Å². The maximum absolute atomic E-state index is 15.4. The second-order valence-corrected chi connectivity index (χ2v) is 12.9. The second kappa shape index (κ2) is 12.3. The lowest BCUT2D eigenvalue weighted by atomic mass is 9.92. The van der Waals surface area contributed by atoms with Gasteiger partial charge in [-0.1, -0.05) is 12.1 Å². The molecule has 1 aromatic carbocycles. The normalized spacial score (nSPS) is 24.8. The number of benzene rings is 1. The predicted molar refractivity (Wildman–Crippen MR) is 160 cm³/mol. The molecule has 2 amide bonds. The molecule has 6 rings (SSSR count). The minimum atomic E-state index is -2.95. The van der Waals surface area contributed by atoms with E-state index in [0.29, 0.717) is 70.6 Å². The number of hydrogen-bond acceptors (Lipinski definition) is 6. The van der Waals surface area contributed by atoms with Crippen LogP contribution >= 0.6 is 0 Å². The highest BCUT2D eigenvalue weighted by molar-refractivity contribution is 5.94. The molecule has 1 N–H and O–H groups in total. The van der Waals surface area contributed by atoms with Gasteiger partial charge in [0.1, 0.15) is 12.7 Å². The van der Waals surface area contributed by atoms with Crippen molar-refractivity contribution < 1.29 is 27.9 Å². The minimum Gasteiger partial charge on any atom is -0.393 e. The lowest BCUT2D eigenvalue weighted by molar-refractivity contribution is -0.132. The summed E-state index contributed by atoms with van der Waals surface area (Å²) in [5.74, 6) is -3.63. The molecular weight excluding hydrogens is 573 g/mol. The topological polar surface area (TPSA) is 85.2 Å². The Hall–Kier alpha value is -3.12. The summed E-state index contributed by atoms with van der Waals surface area (Å²) < 4.78 is 45.8. The van der Waals surface area contributed by atoms with Gasteiger partial charge in [-0.2, -0.15) is 5.10 Å². The molecule has 12 heteroatoms. The zero-order valence-corrected chi connectivity index (χ0v) is 25.7.